The van der Waals surface area contributed by atoms with Gasteiger partial charge in [0.2, 0.25) is 0 Å². The molecule has 0 aliphatic heterocycles. The molecule has 0 aromatic rings. The van der Waals surface area contributed by atoms with Crippen LogP contribution in [-0.4, -0.2) is 17.1 Å². The smallest absolute Gasteiger partial charge is 0.102 e. The quantitative estimate of drug-likeness (QED) is 0.575. The Morgan fingerprint density at radius 1 is 1.86 bits per heavy atom. The Hall–Kier alpha value is 0.280. The maximum atomic E-state index is 8.57. The topological polar surface area (TPSA) is 20.2 Å². The minimum absolute atomic E-state index is 0.113. The lowest BCUT2D eigenvalue weighted by atomic mass is 10.4. The lowest BCUT2D eigenvalue weighted by molar-refractivity contribution is 0.243. The first-order valence-corrected chi connectivity index (χ1v) is 2.68. The van der Waals surface area contributed by atoms with Crippen molar-refractivity contribution in [1.29, 1.82) is 0 Å². The molecule has 0 aromatic heterocycles. The van der Waals surface area contributed by atoms with E-state index >= 15 is 0 Å². The fraction of sp³-hybridized carbons (Fsp3) is 0.500. The van der Waals surface area contributed by atoms with Crippen LogP contribution in [0.25, 0.3) is 0 Å². The molecule has 1 nitrogen and oxygen atoms in total. The third-order valence-electron chi connectivity index (χ3n) is 0.508. The van der Waals surface area contributed by atoms with Crippen LogP contribution in [0.5, 0.6) is 0 Å². The van der Waals surface area contributed by atoms with Crippen LogP contribution in [0.3, 0.4) is 0 Å². The summed E-state index contributed by atoms with van der Waals surface area (Å²) in [5.74, 6) is 0.113. The van der Waals surface area contributed by atoms with Crippen LogP contribution in [0.15, 0.2) is 11.6 Å². The first kappa shape index (κ1) is 7.28. The van der Waals surface area contributed by atoms with E-state index < -0.39 is 6.10 Å². The maximum absolute atomic E-state index is 8.57. The number of rotatable bonds is 2. The minimum Gasteiger partial charge on any atom is -0.386 e. The highest BCUT2D eigenvalue weighted by Crippen LogP contribution is 2.04. The molecule has 0 saturated carbocycles. The molecule has 0 amide bonds. The van der Waals surface area contributed by atoms with E-state index in [-0.39, 0.29) is 10.9 Å². The highest BCUT2D eigenvalue weighted by molar-refractivity contribution is 6.30. The van der Waals surface area contributed by atoms with E-state index in [9.17, 15) is 0 Å². The molecule has 0 bridgehead atoms. The molecular weight excluding hydrogens is 135 g/mol. The summed E-state index contributed by atoms with van der Waals surface area (Å²) in [4.78, 5) is 0. The summed E-state index contributed by atoms with van der Waals surface area (Å²) in [5, 5.41) is 8.76. The largest absolute Gasteiger partial charge is 0.386 e. The van der Waals surface area contributed by atoms with Crippen LogP contribution in [0.1, 0.15) is 0 Å². The van der Waals surface area contributed by atoms with Gasteiger partial charge in [-0.25, -0.2) is 0 Å². The van der Waals surface area contributed by atoms with E-state index in [1.165, 1.54) is 0 Å². The third kappa shape index (κ3) is 2.92. The summed E-state index contributed by atoms with van der Waals surface area (Å²) in [5.41, 5.74) is 0. The van der Waals surface area contributed by atoms with Crippen molar-refractivity contribution in [3.05, 3.63) is 11.6 Å². The molecule has 0 rings (SSSR count). The predicted molar refractivity (Wildman–Crippen MR) is 31.7 cm³/mol. The van der Waals surface area contributed by atoms with Gasteiger partial charge < -0.3 is 5.11 Å². The number of hydrogen-bond donors (Lipinski definition) is 1. The van der Waals surface area contributed by atoms with Crippen molar-refractivity contribution in [3.8, 4) is 0 Å². The van der Waals surface area contributed by atoms with Gasteiger partial charge >= 0.3 is 0 Å². The third-order valence-corrected chi connectivity index (χ3v) is 1.05. The van der Waals surface area contributed by atoms with Crippen LogP contribution in [0, 0.1) is 0 Å². The van der Waals surface area contributed by atoms with Crippen molar-refractivity contribution in [2.45, 2.75) is 6.10 Å². The van der Waals surface area contributed by atoms with E-state index in [4.69, 9.17) is 28.3 Å². The summed E-state index contributed by atoms with van der Waals surface area (Å²) in [6, 6.07) is 0. The Labute approximate surface area is 52.5 Å². The van der Waals surface area contributed by atoms with Crippen molar-refractivity contribution in [3.63, 3.8) is 0 Å². The van der Waals surface area contributed by atoms with Gasteiger partial charge in [0.1, 0.15) is 6.10 Å². The lowest BCUT2D eigenvalue weighted by Crippen LogP contribution is -2.06. The Morgan fingerprint density at radius 2 is 2.29 bits per heavy atom. The van der Waals surface area contributed by atoms with Gasteiger partial charge in [-0.05, 0) is 0 Å². The summed E-state index contributed by atoms with van der Waals surface area (Å²) in [7, 11) is 0. The summed E-state index contributed by atoms with van der Waals surface area (Å²) in [6.45, 7) is 3.26. The van der Waals surface area contributed by atoms with Gasteiger partial charge in [0.25, 0.3) is 0 Å². The van der Waals surface area contributed by atoms with E-state index in [1.54, 1.807) is 0 Å². The van der Waals surface area contributed by atoms with Gasteiger partial charge in [-0.15, -0.1) is 11.6 Å². The monoisotopic (exact) mass is 140 g/mol. The molecule has 1 atom stereocenters. The Morgan fingerprint density at radius 3 is 2.29 bits per heavy atom. The van der Waals surface area contributed by atoms with Crippen LogP contribution in [-0.2, 0) is 0 Å². The average molecular weight is 141 g/mol. The zero-order valence-electron chi connectivity index (χ0n) is 3.69. The summed E-state index contributed by atoms with van der Waals surface area (Å²) in [6.07, 6.45) is -0.761. The lowest BCUT2D eigenvalue weighted by Gasteiger charge is -1.99. The van der Waals surface area contributed by atoms with Crippen molar-refractivity contribution in [2.24, 2.45) is 0 Å². The molecule has 0 spiro atoms. The van der Waals surface area contributed by atoms with Gasteiger partial charge in [0.05, 0.1) is 5.88 Å². The molecule has 0 saturated heterocycles. The first-order chi connectivity index (χ1) is 3.18. The second-order valence-electron chi connectivity index (χ2n) is 1.12. The van der Waals surface area contributed by atoms with Gasteiger partial charge in [-0.1, -0.05) is 18.2 Å². The van der Waals surface area contributed by atoms with Crippen molar-refractivity contribution in [1.82, 2.24) is 0 Å². The molecule has 3 heteroatoms. The molecule has 0 aromatic carbocycles. The normalized spacial score (nSPS) is 13.6. The van der Waals surface area contributed by atoms with Gasteiger partial charge in [0, 0.05) is 5.03 Å². The molecule has 0 radical (unpaired) electrons. The molecule has 42 valence electrons. The fourth-order valence-electron chi connectivity index (χ4n) is 0.0837. The van der Waals surface area contributed by atoms with Gasteiger partial charge in [0.15, 0.2) is 0 Å². The van der Waals surface area contributed by atoms with Crippen LogP contribution in [0.2, 0.25) is 0 Å². The zero-order chi connectivity index (χ0) is 5.86. The summed E-state index contributed by atoms with van der Waals surface area (Å²) >= 11 is 10.4. The number of halogens is 2. The standard InChI is InChI=1S/C4H6Cl2O/c1-3(6)4(7)2-5/h4,7H,1-2H2. The number of hydrogen-bond acceptors (Lipinski definition) is 1. The highest BCUT2D eigenvalue weighted by Gasteiger charge is 2.00. The van der Waals surface area contributed by atoms with Gasteiger partial charge in [-0.3, -0.25) is 0 Å². The maximum Gasteiger partial charge on any atom is 0.102 e. The minimum atomic E-state index is -0.761. The van der Waals surface area contributed by atoms with E-state index in [0.29, 0.717) is 0 Å². The average Bonchev–Trinajstić information content (AvgIpc) is 1.65. The Bertz CT molecular complexity index is 72.1. The molecule has 0 heterocycles. The van der Waals surface area contributed by atoms with Crippen LogP contribution in [0.4, 0.5) is 0 Å². The molecule has 1 unspecified atom stereocenters. The number of alkyl halides is 1. The molecule has 1 N–H and O–H groups in total. The second kappa shape index (κ2) is 3.30. The first-order valence-electron chi connectivity index (χ1n) is 1.76. The van der Waals surface area contributed by atoms with E-state index in [2.05, 4.69) is 6.58 Å². The fourth-order valence-corrected chi connectivity index (χ4v) is 0.426. The Balaban J connectivity index is 3.34. The molecule has 7 heavy (non-hydrogen) atoms. The van der Waals surface area contributed by atoms with Gasteiger partial charge in [-0.2, -0.15) is 0 Å². The molecule has 0 fully saturated rings. The second-order valence-corrected chi connectivity index (χ2v) is 1.91. The molecular formula is C4H6Cl2O. The summed E-state index contributed by atoms with van der Waals surface area (Å²) < 4.78 is 0. The predicted octanol–water partition coefficient (Wildman–Crippen LogP) is 1.34. The molecule has 0 aliphatic rings. The van der Waals surface area contributed by atoms with Crippen LogP contribution >= 0.6 is 23.2 Å². The number of aliphatic hydroxyl groups is 1. The number of aliphatic hydroxyl groups excluding tert-OH is 1. The van der Waals surface area contributed by atoms with E-state index in [0.717, 1.165) is 0 Å². The van der Waals surface area contributed by atoms with Crippen molar-refractivity contribution in [2.75, 3.05) is 5.88 Å². The van der Waals surface area contributed by atoms with Crippen molar-refractivity contribution < 1.29 is 5.11 Å². The van der Waals surface area contributed by atoms with Crippen molar-refractivity contribution >= 4 is 23.2 Å². The zero-order valence-corrected chi connectivity index (χ0v) is 5.21. The van der Waals surface area contributed by atoms with Crippen LogP contribution < -0.4 is 0 Å². The highest BCUT2D eigenvalue weighted by atomic mass is 35.5. The van der Waals surface area contributed by atoms with E-state index in [1.807, 2.05) is 0 Å². The SMILES string of the molecule is C=C(Cl)C(O)CCl. The molecule has 0 aliphatic carbocycles. The Kier molecular flexibility index (Phi) is 3.44.